The maximum Gasteiger partial charge on any atom is 0.410 e. The van der Waals surface area contributed by atoms with Gasteiger partial charge in [-0.05, 0) is 53.5 Å². The van der Waals surface area contributed by atoms with E-state index in [1.54, 1.807) is 4.90 Å². The number of carbonyl (C=O) groups excluding carboxylic acids is 1. The second-order valence-corrected chi connectivity index (χ2v) is 9.17. The summed E-state index contributed by atoms with van der Waals surface area (Å²) in [5.41, 5.74) is 1.32. The van der Waals surface area contributed by atoms with E-state index in [-0.39, 0.29) is 12.0 Å². The fourth-order valence-corrected chi connectivity index (χ4v) is 3.59. The van der Waals surface area contributed by atoms with Crippen molar-refractivity contribution in [2.24, 2.45) is 0 Å². The number of likely N-dealkylation sites (tertiary alicyclic amines) is 1. The van der Waals surface area contributed by atoms with Crippen molar-refractivity contribution in [3.63, 3.8) is 0 Å². The molecule has 2 aromatic heterocycles. The smallest absolute Gasteiger partial charge is 0.410 e. The molecule has 0 N–H and O–H groups in total. The number of aromatic nitrogens is 4. The molecule has 8 nitrogen and oxygen atoms in total. The summed E-state index contributed by atoms with van der Waals surface area (Å²) in [5, 5.41) is 9.90. The summed E-state index contributed by atoms with van der Waals surface area (Å²) in [6, 6.07) is 6.33. The molecule has 160 valence electrons. The van der Waals surface area contributed by atoms with Crippen LogP contribution in [0.4, 0.5) is 4.79 Å². The molecule has 0 saturated carbocycles. The van der Waals surface area contributed by atoms with Crippen LogP contribution in [-0.2, 0) is 4.74 Å². The van der Waals surface area contributed by atoms with Crippen LogP contribution in [0, 0.1) is 0 Å². The summed E-state index contributed by atoms with van der Waals surface area (Å²) in [6.45, 7) is 11.1. The van der Waals surface area contributed by atoms with Crippen LogP contribution in [0.1, 0.15) is 65.3 Å². The standard InChI is InChI=1S/C22H29N5O3/c1-14(2)27-13-17-7-6-16(12-18(17)24-27)19-23-20(30-25-19)15-8-10-26(11-9-15)21(28)29-22(3,4)5/h6-7,12-15H,8-11H2,1-5H3. The van der Waals surface area contributed by atoms with Crippen LogP contribution in [0.15, 0.2) is 28.9 Å². The van der Waals surface area contributed by atoms with Crippen molar-refractivity contribution < 1.29 is 14.1 Å². The topological polar surface area (TPSA) is 86.3 Å². The third-order valence-corrected chi connectivity index (χ3v) is 5.25. The molecule has 1 amide bonds. The summed E-state index contributed by atoms with van der Waals surface area (Å²) in [6.07, 6.45) is 3.34. The lowest BCUT2D eigenvalue weighted by Gasteiger charge is -2.32. The molecule has 0 aliphatic carbocycles. The SMILES string of the molecule is CC(C)n1cc2ccc(-c3noc(C4CCN(C(=O)OC(C)(C)C)CC4)n3)cc2n1. The highest BCUT2D eigenvalue weighted by Gasteiger charge is 2.30. The van der Waals surface area contributed by atoms with Crippen LogP contribution in [0.5, 0.6) is 0 Å². The summed E-state index contributed by atoms with van der Waals surface area (Å²) < 4.78 is 13.0. The van der Waals surface area contributed by atoms with Crippen LogP contribution < -0.4 is 0 Å². The quantitative estimate of drug-likeness (QED) is 0.616. The first-order valence-corrected chi connectivity index (χ1v) is 10.5. The largest absolute Gasteiger partial charge is 0.444 e. The molecule has 0 spiro atoms. The van der Waals surface area contributed by atoms with Gasteiger partial charge in [0.1, 0.15) is 5.60 Å². The lowest BCUT2D eigenvalue weighted by atomic mass is 9.97. The minimum absolute atomic E-state index is 0.147. The molecule has 3 heterocycles. The molecule has 8 heteroatoms. The van der Waals surface area contributed by atoms with Crippen molar-refractivity contribution in [1.29, 1.82) is 0 Å². The average molecular weight is 412 g/mol. The lowest BCUT2D eigenvalue weighted by molar-refractivity contribution is 0.0198. The Balaban J connectivity index is 1.43. The Kier molecular flexibility index (Phi) is 5.26. The van der Waals surface area contributed by atoms with Crippen LogP contribution in [0.3, 0.4) is 0 Å². The van der Waals surface area contributed by atoms with Gasteiger partial charge in [0, 0.05) is 42.2 Å². The van der Waals surface area contributed by atoms with E-state index in [1.165, 1.54) is 0 Å². The summed E-state index contributed by atoms with van der Waals surface area (Å²) in [5.74, 6) is 1.34. The normalized spacial score (nSPS) is 15.9. The Bertz CT molecular complexity index is 1040. The van der Waals surface area contributed by atoms with Gasteiger partial charge in [-0.25, -0.2) is 4.79 Å². The zero-order chi connectivity index (χ0) is 21.5. The average Bonchev–Trinajstić information content (AvgIpc) is 3.33. The van der Waals surface area contributed by atoms with Crippen molar-refractivity contribution in [3.05, 3.63) is 30.3 Å². The fourth-order valence-electron chi connectivity index (χ4n) is 3.59. The van der Waals surface area contributed by atoms with Gasteiger partial charge >= 0.3 is 6.09 Å². The molecule has 1 saturated heterocycles. The van der Waals surface area contributed by atoms with E-state index in [0.717, 1.165) is 29.3 Å². The first kappa shape index (κ1) is 20.4. The number of fused-ring (bicyclic) bond motifs is 1. The molecule has 1 aliphatic rings. The van der Waals surface area contributed by atoms with Gasteiger partial charge in [0.25, 0.3) is 0 Å². The zero-order valence-electron chi connectivity index (χ0n) is 18.3. The van der Waals surface area contributed by atoms with Crippen LogP contribution in [-0.4, -0.2) is 49.6 Å². The van der Waals surface area contributed by atoms with Crippen molar-refractivity contribution in [2.45, 2.75) is 65.0 Å². The summed E-state index contributed by atoms with van der Waals surface area (Å²) in [4.78, 5) is 18.6. The van der Waals surface area contributed by atoms with Gasteiger partial charge in [-0.2, -0.15) is 10.1 Å². The monoisotopic (exact) mass is 411 g/mol. The van der Waals surface area contributed by atoms with E-state index in [9.17, 15) is 4.79 Å². The molecule has 1 fully saturated rings. The van der Waals surface area contributed by atoms with Gasteiger partial charge < -0.3 is 14.2 Å². The Morgan fingerprint density at radius 2 is 1.97 bits per heavy atom. The van der Waals surface area contributed by atoms with E-state index in [4.69, 9.17) is 9.26 Å². The number of amides is 1. The lowest BCUT2D eigenvalue weighted by Crippen LogP contribution is -2.41. The highest BCUT2D eigenvalue weighted by Crippen LogP contribution is 2.30. The second kappa shape index (κ2) is 7.74. The number of nitrogens with zero attached hydrogens (tertiary/aromatic N) is 5. The molecule has 30 heavy (non-hydrogen) atoms. The van der Waals surface area contributed by atoms with Gasteiger partial charge in [-0.1, -0.05) is 17.3 Å². The van der Waals surface area contributed by atoms with E-state index in [1.807, 2.05) is 49.8 Å². The number of rotatable bonds is 3. The maximum absolute atomic E-state index is 12.2. The molecular formula is C22H29N5O3. The minimum atomic E-state index is -0.485. The molecule has 0 radical (unpaired) electrons. The molecule has 0 bridgehead atoms. The Hall–Kier alpha value is -2.90. The highest BCUT2D eigenvalue weighted by atomic mass is 16.6. The molecular weight excluding hydrogens is 382 g/mol. The number of carbonyl (C=O) groups is 1. The molecule has 1 aliphatic heterocycles. The minimum Gasteiger partial charge on any atom is -0.444 e. The van der Waals surface area contributed by atoms with E-state index >= 15 is 0 Å². The number of hydrogen-bond donors (Lipinski definition) is 0. The number of piperidine rings is 1. The van der Waals surface area contributed by atoms with Crippen molar-refractivity contribution in [2.75, 3.05) is 13.1 Å². The van der Waals surface area contributed by atoms with Crippen molar-refractivity contribution >= 4 is 17.0 Å². The van der Waals surface area contributed by atoms with E-state index in [0.29, 0.717) is 30.8 Å². The van der Waals surface area contributed by atoms with Gasteiger partial charge in [-0.3, -0.25) is 4.68 Å². The first-order chi connectivity index (χ1) is 14.2. The third-order valence-electron chi connectivity index (χ3n) is 5.25. The molecule has 1 aromatic carbocycles. The Morgan fingerprint density at radius 1 is 1.23 bits per heavy atom. The van der Waals surface area contributed by atoms with E-state index in [2.05, 4.69) is 29.1 Å². The predicted octanol–water partition coefficient (Wildman–Crippen LogP) is 4.78. The van der Waals surface area contributed by atoms with E-state index < -0.39 is 5.60 Å². The van der Waals surface area contributed by atoms with Crippen LogP contribution in [0.2, 0.25) is 0 Å². The van der Waals surface area contributed by atoms with Gasteiger partial charge in [-0.15, -0.1) is 0 Å². The van der Waals surface area contributed by atoms with Gasteiger partial charge in [0.2, 0.25) is 11.7 Å². The van der Waals surface area contributed by atoms with Crippen molar-refractivity contribution in [1.82, 2.24) is 24.8 Å². The molecule has 3 aromatic rings. The number of hydrogen-bond acceptors (Lipinski definition) is 6. The molecule has 0 unspecified atom stereocenters. The second-order valence-electron chi connectivity index (χ2n) is 9.17. The predicted molar refractivity (Wildman–Crippen MR) is 113 cm³/mol. The fraction of sp³-hybridized carbons (Fsp3) is 0.545. The highest BCUT2D eigenvalue weighted by molar-refractivity contribution is 5.82. The van der Waals surface area contributed by atoms with Crippen molar-refractivity contribution in [3.8, 4) is 11.4 Å². The van der Waals surface area contributed by atoms with Gasteiger partial charge in [0.15, 0.2) is 0 Å². The van der Waals surface area contributed by atoms with Gasteiger partial charge in [0.05, 0.1) is 5.52 Å². The first-order valence-electron chi connectivity index (χ1n) is 10.5. The zero-order valence-corrected chi connectivity index (χ0v) is 18.3. The number of ether oxygens (including phenoxy) is 1. The third kappa shape index (κ3) is 4.32. The van der Waals surface area contributed by atoms with Crippen LogP contribution >= 0.6 is 0 Å². The number of benzene rings is 1. The Morgan fingerprint density at radius 3 is 2.63 bits per heavy atom. The molecule has 4 rings (SSSR count). The maximum atomic E-state index is 12.2. The summed E-state index contributed by atoms with van der Waals surface area (Å²) in [7, 11) is 0. The Labute approximate surface area is 176 Å². The summed E-state index contributed by atoms with van der Waals surface area (Å²) >= 11 is 0. The molecule has 0 atom stereocenters. The van der Waals surface area contributed by atoms with Crippen LogP contribution in [0.25, 0.3) is 22.3 Å².